The van der Waals surface area contributed by atoms with Crippen LogP contribution in [-0.4, -0.2) is 4.57 Å². The molecule has 0 spiro atoms. The zero-order chi connectivity index (χ0) is 44.3. The number of fused-ring (bicyclic) bond motifs is 8. The first-order valence-electron chi connectivity index (χ1n) is 22.9. The van der Waals surface area contributed by atoms with Crippen molar-refractivity contribution in [3.63, 3.8) is 0 Å². The van der Waals surface area contributed by atoms with Crippen LogP contribution in [0, 0.1) is 0 Å². The van der Waals surface area contributed by atoms with E-state index in [-0.39, 0.29) is 0 Å². The molecule has 67 heavy (non-hydrogen) atoms. The van der Waals surface area contributed by atoms with Gasteiger partial charge in [0.2, 0.25) is 0 Å². The maximum Gasteiger partial charge on any atom is 0.0541 e. The molecule has 13 rings (SSSR count). The highest BCUT2D eigenvalue weighted by Crippen LogP contribution is 2.46. The molecule has 0 N–H and O–H groups in total. The molecule has 0 fully saturated rings. The van der Waals surface area contributed by atoms with Gasteiger partial charge in [-0.1, -0.05) is 200 Å². The first-order chi connectivity index (χ1) is 33.2. The van der Waals surface area contributed by atoms with Crippen LogP contribution in [-0.2, 0) is 0 Å². The minimum absolute atomic E-state index is 1.08. The third kappa shape index (κ3) is 6.63. The highest BCUT2D eigenvalue weighted by Gasteiger charge is 2.21. The molecule has 11 aromatic carbocycles. The van der Waals surface area contributed by atoms with Gasteiger partial charge in [-0.05, 0) is 98.8 Å². The molecule has 0 aliphatic carbocycles. The monoisotopic (exact) mass is 870 g/mol. The Kier molecular flexibility index (Phi) is 9.40. The van der Waals surface area contributed by atoms with Crippen LogP contribution in [0.25, 0.3) is 103 Å². The molecule has 0 aliphatic heterocycles. The summed E-state index contributed by atoms with van der Waals surface area (Å²) < 4.78 is 5.08. The lowest BCUT2D eigenvalue weighted by Gasteiger charge is -2.29. The molecule has 0 amide bonds. The Morgan fingerprint density at radius 2 is 0.806 bits per heavy atom. The quantitative estimate of drug-likeness (QED) is 0.148. The van der Waals surface area contributed by atoms with Gasteiger partial charge in [0.1, 0.15) is 0 Å². The van der Waals surface area contributed by atoms with E-state index < -0.39 is 0 Å². The average Bonchev–Trinajstić information content (AvgIpc) is 3.96. The highest BCUT2D eigenvalue weighted by molar-refractivity contribution is 7.27. The van der Waals surface area contributed by atoms with Gasteiger partial charge in [0.25, 0.3) is 0 Å². The van der Waals surface area contributed by atoms with Gasteiger partial charge in [0, 0.05) is 53.4 Å². The van der Waals surface area contributed by atoms with E-state index in [0.29, 0.717) is 0 Å². The summed E-state index contributed by atoms with van der Waals surface area (Å²) in [5, 5.41) is 7.72. The van der Waals surface area contributed by atoms with Crippen molar-refractivity contribution in [1.82, 2.24) is 4.57 Å². The van der Waals surface area contributed by atoms with Crippen molar-refractivity contribution in [3.8, 4) is 50.2 Å². The summed E-state index contributed by atoms with van der Waals surface area (Å²) in [6.45, 7) is 0. The van der Waals surface area contributed by atoms with Crippen molar-refractivity contribution in [2.75, 3.05) is 4.90 Å². The Morgan fingerprint density at radius 3 is 1.51 bits per heavy atom. The molecular weight excluding hydrogens is 829 g/mol. The van der Waals surface area contributed by atoms with E-state index in [4.69, 9.17) is 0 Å². The summed E-state index contributed by atoms with van der Waals surface area (Å²) in [5.41, 5.74) is 16.3. The van der Waals surface area contributed by atoms with Crippen LogP contribution in [0.1, 0.15) is 0 Å². The second-order valence-electron chi connectivity index (χ2n) is 17.2. The molecule has 3 heteroatoms. The van der Waals surface area contributed by atoms with Crippen LogP contribution in [0.4, 0.5) is 17.1 Å². The molecule has 2 aromatic heterocycles. The molecule has 314 valence electrons. The van der Waals surface area contributed by atoms with E-state index in [9.17, 15) is 0 Å². The fourth-order valence-corrected chi connectivity index (χ4v) is 11.6. The third-order valence-corrected chi connectivity index (χ3v) is 14.7. The van der Waals surface area contributed by atoms with Gasteiger partial charge in [-0.3, -0.25) is 0 Å². The lowest BCUT2D eigenvalue weighted by Crippen LogP contribution is -2.11. The summed E-state index contributed by atoms with van der Waals surface area (Å²) in [7, 11) is 0. The lowest BCUT2D eigenvalue weighted by molar-refractivity contribution is 1.18. The average molecular weight is 871 g/mol. The molecule has 2 heterocycles. The Balaban J connectivity index is 0.961. The van der Waals surface area contributed by atoms with Crippen LogP contribution in [0.3, 0.4) is 0 Å². The molecule has 13 aromatic rings. The van der Waals surface area contributed by atoms with Crippen LogP contribution in [0.15, 0.2) is 255 Å². The maximum absolute atomic E-state index is 2.43. The van der Waals surface area contributed by atoms with E-state index in [1.54, 1.807) is 0 Å². The number of hydrogen-bond acceptors (Lipinski definition) is 2. The Morgan fingerprint density at radius 1 is 0.299 bits per heavy atom. The molecule has 0 unspecified atom stereocenters. The van der Waals surface area contributed by atoms with Crippen molar-refractivity contribution in [1.29, 1.82) is 0 Å². The number of rotatable bonds is 8. The fraction of sp³-hybridized carbons (Fsp3) is 0. The van der Waals surface area contributed by atoms with E-state index in [2.05, 4.69) is 264 Å². The maximum atomic E-state index is 2.43. The predicted molar refractivity (Wildman–Crippen MR) is 288 cm³/mol. The normalized spacial score (nSPS) is 11.6. The molecule has 0 aliphatic rings. The van der Waals surface area contributed by atoms with Gasteiger partial charge in [0.15, 0.2) is 0 Å². The van der Waals surface area contributed by atoms with Gasteiger partial charge in [-0.15, -0.1) is 11.3 Å². The summed E-state index contributed by atoms with van der Waals surface area (Å²) in [6.07, 6.45) is 0. The largest absolute Gasteiger partial charge is 0.310 e. The second-order valence-corrected chi connectivity index (χ2v) is 18.2. The second kappa shape index (κ2) is 16.2. The van der Waals surface area contributed by atoms with E-state index in [1.165, 1.54) is 80.6 Å². The lowest BCUT2D eigenvalue weighted by atomic mass is 9.95. The number of thiophene rings is 1. The summed E-state index contributed by atoms with van der Waals surface area (Å²) >= 11 is 1.90. The van der Waals surface area contributed by atoms with E-state index in [0.717, 1.165) is 39.4 Å². The first kappa shape index (κ1) is 38.9. The molecule has 0 radical (unpaired) electrons. The molecular formula is C64H42N2S. The number of anilines is 3. The zero-order valence-electron chi connectivity index (χ0n) is 36.6. The van der Waals surface area contributed by atoms with Gasteiger partial charge >= 0.3 is 0 Å². The Hall–Kier alpha value is -8.50. The van der Waals surface area contributed by atoms with Crippen LogP contribution < -0.4 is 4.90 Å². The number of nitrogens with zero attached hydrogens (tertiary/aromatic N) is 2. The van der Waals surface area contributed by atoms with Crippen molar-refractivity contribution in [2.45, 2.75) is 0 Å². The molecule has 0 saturated heterocycles. The van der Waals surface area contributed by atoms with Crippen molar-refractivity contribution < 1.29 is 0 Å². The molecule has 0 saturated carbocycles. The predicted octanol–water partition coefficient (Wildman–Crippen LogP) is 18.4. The van der Waals surface area contributed by atoms with Crippen molar-refractivity contribution >= 4 is 81.1 Å². The standard InChI is InChI=1S/C64H42N2S/c1-3-16-43(17-4-1)48-35-41-62(58(42-48)44-18-5-2-6-19-44)65(50-38-32-47(33-39-50)53-25-15-26-56-57-40-34-45-20-7-8-22-52(45)64(57)67-63(53)56)49-36-30-46(31-37-49)51-21-9-12-27-59(51)66-60-28-13-10-23-54(60)55-24-11-14-29-61(55)66/h1-42H. The molecule has 2 nitrogen and oxygen atoms in total. The van der Waals surface area contributed by atoms with Crippen molar-refractivity contribution in [3.05, 3.63) is 255 Å². The zero-order valence-corrected chi connectivity index (χ0v) is 37.4. The Bertz CT molecular complexity index is 3900. The summed E-state index contributed by atoms with van der Waals surface area (Å²) in [4.78, 5) is 2.43. The topological polar surface area (TPSA) is 8.17 Å². The SMILES string of the molecule is c1ccc(-c2ccc(N(c3ccc(-c4ccccc4-n4c5ccccc5c5ccccc54)cc3)c3ccc(-c4cccc5c4sc4c6ccccc6ccc54)cc3)c(-c3ccccc3)c2)cc1. The minimum atomic E-state index is 1.08. The number of para-hydroxylation sites is 3. The van der Waals surface area contributed by atoms with Gasteiger partial charge in [-0.25, -0.2) is 0 Å². The van der Waals surface area contributed by atoms with Crippen molar-refractivity contribution in [2.24, 2.45) is 0 Å². The highest BCUT2D eigenvalue weighted by atomic mass is 32.1. The minimum Gasteiger partial charge on any atom is -0.310 e. The summed E-state index contributed by atoms with van der Waals surface area (Å²) in [6, 6.07) is 93.1. The van der Waals surface area contributed by atoms with Crippen LogP contribution in [0.5, 0.6) is 0 Å². The van der Waals surface area contributed by atoms with Gasteiger partial charge < -0.3 is 9.47 Å². The molecule has 0 atom stereocenters. The van der Waals surface area contributed by atoms with E-state index in [1.807, 2.05) is 11.3 Å². The Labute approximate surface area is 393 Å². The van der Waals surface area contributed by atoms with Crippen LogP contribution in [0.2, 0.25) is 0 Å². The molecule has 0 bridgehead atoms. The first-order valence-corrected chi connectivity index (χ1v) is 23.7. The number of hydrogen-bond donors (Lipinski definition) is 0. The number of benzene rings is 11. The van der Waals surface area contributed by atoms with Crippen LogP contribution >= 0.6 is 11.3 Å². The third-order valence-electron chi connectivity index (χ3n) is 13.4. The van der Waals surface area contributed by atoms with Gasteiger partial charge in [-0.2, -0.15) is 0 Å². The van der Waals surface area contributed by atoms with Gasteiger partial charge in [0.05, 0.1) is 22.4 Å². The van der Waals surface area contributed by atoms with E-state index >= 15 is 0 Å². The summed E-state index contributed by atoms with van der Waals surface area (Å²) in [5.74, 6) is 0. The fourth-order valence-electron chi connectivity index (χ4n) is 10.2. The smallest absolute Gasteiger partial charge is 0.0541 e. The number of aromatic nitrogens is 1.